The average molecular weight is 563 g/mol. The number of carbonyl (C=O) groups is 1. The third-order valence-electron chi connectivity index (χ3n) is 6.24. The fraction of sp³-hybridized carbons (Fsp3) is 0.296. The van der Waals surface area contributed by atoms with E-state index in [1.165, 1.54) is 10.6 Å². The molecule has 1 aliphatic rings. The van der Waals surface area contributed by atoms with Crippen LogP contribution in [-0.4, -0.2) is 62.4 Å². The Hall–Kier alpha value is -2.62. The predicted octanol–water partition coefficient (Wildman–Crippen LogP) is 4.34. The smallest absolute Gasteiger partial charge is 0.251 e. The number of benzene rings is 3. The third kappa shape index (κ3) is 6.64. The van der Waals surface area contributed by atoms with Gasteiger partial charge in [-0.05, 0) is 60.5 Å². The maximum absolute atomic E-state index is 12.9. The van der Waals surface area contributed by atoms with Crippen molar-refractivity contribution in [1.29, 1.82) is 0 Å². The van der Waals surface area contributed by atoms with Crippen LogP contribution < -0.4 is 9.62 Å². The Kier molecular flexibility index (Phi) is 8.46. The van der Waals surface area contributed by atoms with Crippen LogP contribution >= 0.6 is 23.2 Å². The average Bonchev–Trinajstić information content (AvgIpc) is 2.82. The van der Waals surface area contributed by atoms with Gasteiger partial charge >= 0.3 is 0 Å². The molecular formula is C27H29Cl2N3O4S. The largest absolute Gasteiger partial charge is 0.392 e. The van der Waals surface area contributed by atoms with Crippen molar-refractivity contribution >= 4 is 44.8 Å². The number of aliphatic hydroxyl groups excluding tert-OH is 1. The monoisotopic (exact) mass is 561 g/mol. The molecule has 1 atom stereocenters. The second-order valence-electron chi connectivity index (χ2n) is 9.28. The summed E-state index contributed by atoms with van der Waals surface area (Å²) in [6.45, 7) is 2.65. The number of hydrogen-bond acceptors (Lipinski definition) is 5. The summed E-state index contributed by atoms with van der Waals surface area (Å²) >= 11 is 12.2. The first-order valence-corrected chi connectivity index (χ1v) is 14.4. The molecular weight excluding hydrogens is 533 g/mol. The maximum atomic E-state index is 12.9. The minimum Gasteiger partial charge on any atom is -0.392 e. The summed E-state index contributed by atoms with van der Waals surface area (Å²) in [6.07, 6.45) is 0.487. The van der Waals surface area contributed by atoms with Gasteiger partial charge in [-0.1, -0.05) is 53.5 Å². The number of sulfonamides is 1. The normalized spacial score (nSPS) is 15.3. The molecule has 2 N–H and O–H groups in total. The number of nitrogens with one attached hydrogen (secondary N) is 1. The number of carbonyl (C=O) groups excluding carboxylic acids is 1. The van der Waals surface area contributed by atoms with Crippen LogP contribution in [0.2, 0.25) is 10.0 Å². The van der Waals surface area contributed by atoms with Gasteiger partial charge in [-0.15, -0.1) is 0 Å². The van der Waals surface area contributed by atoms with Gasteiger partial charge in [0.25, 0.3) is 5.91 Å². The Balaban J connectivity index is 1.59. The molecule has 1 amide bonds. The van der Waals surface area contributed by atoms with Crippen LogP contribution in [0.5, 0.6) is 0 Å². The summed E-state index contributed by atoms with van der Waals surface area (Å²) < 4.78 is 27.2. The van der Waals surface area contributed by atoms with Crippen molar-refractivity contribution in [2.75, 3.05) is 30.2 Å². The molecule has 3 aromatic carbocycles. The number of rotatable bonds is 9. The molecule has 3 aromatic rings. The van der Waals surface area contributed by atoms with Gasteiger partial charge in [0.2, 0.25) is 10.0 Å². The summed E-state index contributed by atoms with van der Waals surface area (Å²) in [5.41, 5.74) is 2.82. The van der Waals surface area contributed by atoms with E-state index in [4.69, 9.17) is 23.2 Å². The van der Waals surface area contributed by atoms with Crippen molar-refractivity contribution in [3.05, 3.63) is 99.5 Å². The molecule has 4 rings (SSSR count). The highest BCUT2D eigenvalue weighted by molar-refractivity contribution is 7.92. The highest BCUT2D eigenvalue weighted by Gasteiger charge is 2.40. The first-order valence-electron chi connectivity index (χ1n) is 11.8. The van der Waals surface area contributed by atoms with Crippen molar-refractivity contribution in [2.45, 2.75) is 25.1 Å². The zero-order valence-electron chi connectivity index (χ0n) is 20.5. The number of nitrogens with zero attached hydrogens (tertiary/aromatic N) is 2. The predicted molar refractivity (Wildman–Crippen MR) is 148 cm³/mol. The van der Waals surface area contributed by atoms with E-state index in [0.717, 1.165) is 11.1 Å². The van der Waals surface area contributed by atoms with E-state index in [2.05, 4.69) is 10.2 Å². The summed E-state index contributed by atoms with van der Waals surface area (Å²) in [5.74, 6) is -0.378. The van der Waals surface area contributed by atoms with Crippen LogP contribution in [-0.2, 0) is 10.0 Å². The molecule has 0 aromatic heterocycles. The Labute approximate surface area is 227 Å². The Bertz CT molecular complexity index is 1300. The van der Waals surface area contributed by atoms with E-state index in [9.17, 15) is 18.3 Å². The van der Waals surface area contributed by atoms with Gasteiger partial charge in [0, 0.05) is 35.2 Å². The van der Waals surface area contributed by atoms with Gasteiger partial charge in [-0.25, -0.2) is 8.42 Å². The Morgan fingerprint density at radius 1 is 1.03 bits per heavy atom. The molecule has 0 radical (unpaired) electrons. The molecule has 0 aliphatic carbocycles. The fourth-order valence-electron chi connectivity index (χ4n) is 4.55. The molecule has 1 saturated heterocycles. The Morgan fingerprint density at radius 2 is 1.57 bits per heavy atom. The van der Waals surface area contributed by atoms with Gasteiger partial charge < -0.3 is 10.4 Å². The molecule has 1 fully saturated rings. The van der Waals surface area contributed by atoms with Crippen LogP contribution in [0.15, 0.2) is 72.8 Å². The molecule has 0 spiro atoms. The molecule has 7 nitrogen and oxygen atoms in total. The lowest BCUT2D eigenvalue weighted by Gasteiger charge is -2.48. The molecule has 0 bridgehead atoms. The molecule has 1 heterocycles. The van der Waals surface area contributed by atoms with Crippen molar-refractivity contribution in [1.82, 2.24) is 10.2 Å². The zero-order valence-corrected chi connectivity index (χ0v) is 22.8. The van der Waals surface area contributed by atoms with Crippen LogP contribution in [0.4, 0.5) is 5.69 Å². The molecule has 0 saturated carbocycles. The second-order valence-corrected chi connectivity index (χ2v) is 12.0. The lowest BCUT2D eigenvalue weighted by molar-refractivity contribution is 0.0924. The molecule has 196 valence electrons. The Morgan fingerprint density at radius 3 is 2.05 bits per heavy atom. The summed E-state index contributed by atoms with van der Waals surface area (Å²) in [7, 11) is -3.64. The van der Waals surface area contributed by atoms with Crippen molar-refractivity contribution in [2.24, 2.45) is 0 Å². The molecule has 0 unspecified atom stereocenters. The van der Waals surface area contributed by atoms with Gasteiger partial charge in [-0.2, -0.15) is 0 Å². The van der Waals surface area contributed by atoms with Gasteiger partial charge in [0.1, 0.15) is 0 Å². The summed E-state index contributed by atoms with van der Waals surface area (Å²) in [4.78, 5) is 14.7. The summed E-state index contributed by atoms with van der Waals surface area (Å²) in [5, 5.41) is 13.4. The van der Waals surface area contributed by atoms with Crippen molar-refractivity contribution < 1.29 is 18.3 Å². The minimum atomic E-state index is -3.64. The number of amides is 1. The molecule has 10 heteroatoms. The first-order chi connectivity index (χ1) is 17.5. The zero-order chi connectivity index (χ0) is 26.7. The van der Waals surface area contributed by atoms with Gasteiger partial charge in [-0.3, -0.25) is 14.0 Å². The van der Waals surface area contributed by atoms with E-state index in [0.29, 0.717) is 34.4 Å². The standard InChI is InChI=1S/C27H29Cl2N3O4S/c1-18(33)15-30-27(34)21-4-3-5-24(14-21)32(37(2,35)36)25-16-31(17-25)26(19-6-10-22(28)11-7-19)20-8-12-23(29)13-9-20/h3-14,18,25-26,33H,15-17H2,1-2H3,(H,30,34)/t18-/m1/s1. The highest BCUT2D eigenvalue weighted by atomic mass is 35.5. The second kappa shape index (κ2) is 11.4. The molecule has 37 heavy (non-hydrogen) atoms. The quantitative estimate of drug-likeness (QED) is 0.405. The summed E-state index contributed by atoms with van der Waals surface area (Å²) in [6, 6.07) is 21.4. The van der Waals surface area contributed by atoms with Gasteiger partial charge in [0.15, 0.2) is 0 Å². The van der Waals surface area contributed by atoms with Crippen LogP contribution in [0.25, 0.3) is 0 Å². The SMILES string of the molecule is C[C@@H](O)CNC(=O)c1cccc(N(C2CN(C(c3ccc(Cl)cc3)c3ccc(Cl)cc3)C2)S(C)(=O)=O)c1. The maximum Gasteiger partial charge on any atom is 0.251 e. The van der Waals surface area contributed by atoms with Crippen LogP contribution in [0.1, 0.15) is 34.5 Å². The topological polar surface area (TPSA) is 89.9 Å². The van der Waals surface area contributed by atoms with E-state index < -0.39 is 16.1 Å². The van der Waals surface area contributed by atoms with E-state index in [-0.39, 0.29) is 24.5 Å². The van der Waals surface area contributed by atoms with Crippen molar-refractivity contribution in [3.8, 4) is 0 Å². The van der Waals surface area contributed by atoms with Crippen LogP contribution in [0, 0.1) is 0 Å². The number of anilines is 1. The third-order valence-corrected chi connectivity index (χ3v) is 7.96. The van der Waals surface area contributed by atoms with Crippen molar-refractivity contribution in [3.63, 3.8) is 0 Å². The van der Waals surface area contributed by atoms with E-state index in [1.54, 1.807) is 31.2 Å². The first kappa shape index (κ1) is 27.4. The lowest BCUT2D eigenvalue weighted by atomic mass is 9.93. The fourth-order valence-corrected chi connectivity index (χ4v) is 5.97. The van der Waals surface area contributed by atoms with Gasteiger partial charge in [0.05, 0.1) is 30.1 Å². The van der Waals surface area contributed by atoms with Crippen LogP contribution in [0.3, 0.4) is 0 Å². The number of halogens is 2. The molecule has 1 aliphatic heterocycles. The van der Waals surface area contributed by atoms with E-state index >= 15 is 0 Å². The highest BCUT2D eigenvalue weighted by Crippen LogP contribution is 2.36. The number of likely N-dealkylation sites (tertiary alicyclic amines) is 1. The minimum absolute atomic E-state index is 0.104. The van der Waals surface area contributed by atoms with E-state index in [1.807, 2.05) is 48.5 Å². The number of hydrogen-bond donors (Lipinski definition) is 2. The number of aliphatic hydroxyl groups is 1. The lowest BCUT2D eigenvalue weighted by Crippen LogP contribution is -2.61.